The third-order valence-corrected chi connectivity index (χ3v) is 7.59. The van der Waals surface area contributed by atoms with Gasteiger partial charge in [-0.05, 0) is 42.0 Å². The fourth-order valence-corrected chi connectivity index (χ4v) is 5.79. The minimum atomic E-state index is -0.567. The van der Waals surface area contributed by atoms with Gasteiger partial charge in [0.05, 0.1) is 39.4 Å². The molecular formula is C28H33NO6S. The summed E-state index contributed by atoms with van der Waals surface area (Å²) in [5.41, 5.74) is 2.64. The van der Waals surface area contributed by atoms with E-state index in [1.165, 1.54) is 0 Å². The molecular weight excluding hydrogens is 478 g/mol. The van der Waals surface area contributed by atoms with Crippen molar-refractivity contribution in [1.29, 1.82) is 0 Å². The highest BCUT2D eigenvalue weighted by Gasteiger charge is 2.45. The molecule has 1 aliphatic heterocycles. The van der Waals surface area contributed by atoms with Gasteiger partial charge in [-0.25, -0.2) is 4.79 Å². The number of ketones is 1. The number of carbonyl (C=O) groups is 2. The molecule has 1 aromatic carbocycles. The van der Waals surface area contributed by atoms with E-state index in [-0.39, 0.29) is 17.6 Å². The van der Waals surface area contributed by atoms with Gasteiger partial charge in [-0.2, -0.15) is 0 Å². The van der Waals surface area contributed by atoms with Crippen molar-refractivity contribution in [3.05, 3.63) is 63.1 Å². The highest BCUT2D eigenvalue weighted by Crippen LogP contribution is 2.49. The maximum absolute atomic E-state index is 13.8. The smallest absolute Gasteiger partial charge is 0.336 e. The number of thiophene rings is 1. The number of nitrogens with one attached hydrogen (secondary N) is 1. The van der Waals surface area contributed by atoms with Gasteiger partial charge in [0.2, 0.25) is 5.75 Å². The van der Waals surface area contributed by atoms with Gasteiger partial charge >= 0.3 is 5.97 Å². The van der Waals surface area contributed by atoms with E-state index in [1.54, 1.807) is 32.7 Å². The van der Waals surface area contributed by atoms with Crippen LogP contribution in [0.3, 0.4) is 0 Å². The number of methoxy groups -OCH3 is 3. The second kappa shape index (κ2) is 10.8. The van der Waals surface area contributed by atoms with Crippen LogP contribution < -0.4 is 19.5 Å². The Balaban J connectivity index is 1.88. The summed E-state index contributed by atoms with van der Waals surface area (Å²) in [5.74, 6) is 0.0658. The summed E-state index contributed by atoms with van der Waals surface area (Å²) in [6.45, 7) is 6.12. The molecule has 0 bridgehead atoms. The van der Waals surface area contributed by atoms with Crippen LogP contribution in [0.2, 0.25) is 0 Å². The van der Waals surface area contributed by atoms with E-state index < -0.39 is 17.8 Å². The Morgan fingerprint density at radius 2 is 1.81 bits per heavy atom. The van der Waals surface area contributed by atoms with Gasteiger partial charge in [0.15, 0.2) is 11.5 Å². The van der Waals surface area contributed by atoms with Crippen molar-refractivity contribution in [3.63, 3.8) is 0 Å². The van der Waals surface area contributed by atoms with Crippen LogP contribution in [0.4, 0.5) is 0 Å². The van der Waals surface area contributed by atoms with Crippen LogP contribution in [0, 0.1) is 11.8 Å². The normalized spacial score (nSPS) is 21.5. The lowest BCUT2D eigenvalue weighted by Crippen LogP contribution is -2.42. The van der Waals surface area contributed by atoms with Crippen LogP contribution in [0.1, 0.15) is 49.5 Å². The average molecular weight is 512 g/mol. The number of esters is 1. The Morgan fingerprint density at radius 3 is 2.36 bits per heavy atom. The molecule has 1 aromatic heterocycles. The number of allylic oxidation sites excluding steroid dienone is 3. The Hall–Kier alpha value is -3.26. The first-order valence-electron chi connectivity index (χ1n) is 12.0. The Kier molecular flexibility index (Phi) is 7.73. The predicted octanol–water partition coefficient (Wildman–Crippen LogP) is 5.19. The molecule has 2 aliphatic rings. The number of benzene rings is 1. The van der Waals surface area contributed by atoms with Crippen molar-refractivity contribution in [2.75, 3.05) is 27.9 Å². The third kappa shape index (κ3) is 4.87. The fourth-order valence-electron chi connectivity index (χ4n) is 4.99. The second-order valence-electron chi connectivity index (χ2n) is 9.48. The zero-order valence-electron chi connectivity index (χ0n) is 21.5. The minimum absolute atomic E-state index is 0.000850. The lowest BCUT2D eigenvalue weighted by Gasteiger charge is -2.39. The largest absolute Gasteiger partial charge is 0.493 e. The van der Waals surface area contributed by atoms with E-state index in [0.29, 0.717) is 41.5 Å². The molecule has 3 unspecified atom stereocenters. The first-order valence-corrected chi connectivity index (χ1v) is 12.9. The molecule has 8 heteroatoms. The van der Waals surface area contributed by atoms with E-state index in [1.807, 2.05) is 44.4 Å². The molecule has 0 radical (unpaired) electrons. The molecule has 4 rings (SSSR count). The zero-order chi connectivity index (χ0) is 26.0. The van der Waals surface area contributed by atoms with Gasteiger partial charge in [0.25, 0.3) is 0 Å². The summed E-state index contributed by atoms with van der Waals surface area (Å²) >= 11 is 1.64. The van der Waals surface area contributed by atoms with Crippen molar-refractivity contribution >= 4 is 23.1 Å². The topological polar surface area (TPSA) is 83.1 Å². The molecule has 192 valence electrons. The second-order valence-corrected chi connectivity index (χ2v) is 10.5. The molecule has 1 aliphatic carbocycles. The number of Topliss-reactive ketones (excluding diaryl/α,β-unsaturated/α-hetero) is 1. The summed E-state index contributed by atoms with van der Waals surface area (Å²) in [6, 6.07) is 7.68. The van der Waals surface area contributed by atoms with Crippen molar-refractivity contribution in [3.8, 4) is 17.2 Å². The molecule has 36 heavy (non-hydrogen) atoms. The Morgan fingerprint density at radius 1 is 1.11 bits per heavy atom. The number of fused-ring (bicyclic) bond motifs is 1. The van der Waals surface area contributed by atoms with Crippen molar-refractivity contribution in [2.45, 2.75) is 39.0 Å². The van der Waals surface area contributed by atoms with Crippen molar-refractivity contribution < 1.29 is 28.5 Å². The van der Waals surface area contributed by atoms with E-state index in [0.717, 1.165) is 16.1 Å². The molecule has 1 N–H and O–H groups in total. The van der Waals surface area contributed by atoms with E-state index in [9.17, 15) is 9.59 Å². The first kappa shape index (κ1) is 25.8. The van der Waals surface area contributed by atoms with Crippen LogP contribution in [0.25, 0.3) is 0 Å². The molecule has 0 saturated heterocycles. The lowest BCUT2D eigenvalue weighted by molar-refractivity contribution is -0.140. The van der Waals surface area contributed by atoms with Gasteiger partial charge in [-0.1, -0.05) is 26.0 Å². The maximum atomic E-state index is 13.8. The predicted molar refractivity (Wildman–Crippen MR) is 139 cm³/mol. The lowest BCUT2D eigenvalue weighted by atomic mass is 9.69. The molecule has 2 heterocycles. The summed E-state index contributed by atoms with van der Waals surface area (Å²) < 4.78 is 22.3. The van der Waals surface area contributed by atoms with Gasteiger partial charge in [-0.3, -0.25) is 4.79 Å². The minimum Gasteiger partial charge on any atom is -0.493 e. The van der Waals surface area contributed by atoms with Gasteiger partial charge < -0.3 is 24.3 Å². The monoisotopic (exact) mass is 511 g/mol. The molecule has 0 fully saturated rings. The van der Waals surface area contributed by atoms with E-state index >= 15 is 0 Å². The highest BCUT2D eigenvalue weighted by molar-refractivity contribution is 7.10. The third-order valence-electron chi connectivity index (χ3n) is 6.59. The molecule has 0 amide bonds. The summed E-state index contributed by atoms with van der Waals surface area (Å²) in [4.78, 5) is 28.3. The van der Waals surface area contributed by atoms with E-state index in [4.69, 9.17) is 18.9 Å². The zero-order valence-corrected chi connectivity index (χ0v) is 22.4. The average Bonchev–Trinajstić information content (AvgIpc) is 3.40. The molecule has 7 nitrogen and oxygen atoms in total. The summed E-state index contributed by atoms with van der Waals surface area (Å²) in [6.07, 6.45) is 2.49. The summed E-state index contributed by atoms with van der Waals surface area (Å²) in [7, 11) is 4.63. The van der Waals surface area contributed by atoms with Crippen LogP contribution in [-0.2, 0) is 14.3 Å². The molecule has 2 aromatic rings. The SMILES string of the molecule is COc1cc(C2C(C(=O)OCC(C)C)=C(C)NC3=CC(c4cccs4)CC(=O)C32)cc(OC)c1OC. The van der Waals surface area contributed by atoms with Crippen LogP contribution in [-0.4, -0.2) is 39.7 Å². The van der Waals surface area contributed by atoms with Crippen molar-refractivity contribution in [1.82, 2.24) is 5.32 Å². The van der Waals surface area contributed by atoms with Gasteiger partial charge in [0.1, 0.15) is 5.78 Å². The van der Waals surface area contributed by atoms with Gasteiger partial charge in [-0.15, -0.1) is 11.3 Å². The van der Waals surface area contributed by atoms with Crippen molar-refractivity contribution in [2.24, 2.45) is 11.8 Å². The highest BCUT2D eigenvalue weighted by atomic mass is 32.1. The quantitative estimate of drug-likeness (QED) is 0.488. The standard InChI is InChI=1S/C28H33NO6S/c1-15(2)14-35-28(31)24-16(3)29-19-10-17(23-8-7-9-36-23)11-20(30)26(19)25(24)18-12-21(32-4)27(34-6)22(13-18)33-5/h7-10,12-13,15,17,25-26,29H,11,14H2,1-6H3. The molecule has 0 saturated carbocycles. The van der Waals surface area contributed by atoms with Crippen LogP contribution >= 0.6 is 11.3 Å². The fraction of sp³-hybridized carbons (Fsp3) is 0.429. The van der Waals surface area contributed by atoms with E-state index in [2.05, 4.69) is 17.5 Å². The van der Waals surface area contributed by atoms with Crippen LogP contribution in [0.15, 0.2) is 52.7 Å². The van der Waals surface area contributed by atoms with Crippen LogP contribution in [0.5, 0.6) is 17.2 Å². The number of carbonyl (C=O) groups excluding carboxylic acids is 2. The van der Waals surface area contributed by atoms with Gasteiger partial charge in [0, 0.05) is 34.5 Å². The number of rotatable bonds is 8. The summed E-state index contributed by atoms with van der Waals surface area (Å²) in [5, 5.41) is 5.39. The molecule has 3 atom stereocenters. The number of ether oxygens (including phenoxy) is 4. The Labute approximate surface area is 216 Å². The Bertz CT molecular complexity index is 1170. The first-order chi connectivity index (χ1) is 17.3. The molecule has 0 spiro atoms. The maximum Gasteiger partial charge on any atom is 0.336 e. The number of hydrogen-bond donors (Lipinski definition) is 1. The number of hydrogen-bond acceptors (Lipinski definition) is 8.